The van der Waals surface area contributed by atoms with E-state index in [1.54, 1.807) is 18.9 Å². The fourth-order valence-electron chi connectivity index (χ4n) is 2.63. The molecule has 1 heterocycles. The SMILES string of the molecule is COc1ccc(OCCOc2ccc(Br)cc2C2NC(C(=O)O)CS2)cc1. The molecule has 0 aromatic heterocycles. The standard InChI is InChI=1S/C19H20BrNO5S/c1-24-13-3-5-14(6-4-13)25-8-9-26-17-7-2-12(20)10-15(17)18-21-16(11-27-18)19(22)23/h2-7,10,16,18,21H,8-9,11H2,1H3,(H,22,23). The summed E-state index contributed by atoms with van der Waals surface area (Å²) in [5.74, 6) is 1.92. The molecule has 1 saturated heterocycles. The molecule has 8 heteroatoms. The largest absolute Gasteiger partial charge is 0.497 e. The Morgan fingerprint density at radius 2 is 1.89 bits per heavy atom. The van der Waals surface area contributed by atoms with E-state index in [9.17, 15) is 9.90 Å². The van der Waals surface area contributed by atoms with Crippen molar-refractivity contribution in [3.05, 3.63) is 52.5 Å². The molecule has 1 fully saturated rings. The summed E-state index contributed by atoms with van der Waals surface area (Å²) >= 11 is 5.03. The van der Waals surface area contributed by atoms with Gasteiger partial charge < -0.3 is 19.3 Å². The van der Waals surface area contributed by atoms with Crippen molar-refractivity contribution >= 4 is 33.7 Å². The van der Waals surface area contributed by atoms with Gasteiger partial charge in [-0.25, -0.2) is 0 Å². The van der Waals surface area contributed by atoms with E-state index < -0.39 is 12.0 Å². The summed E-state index contributed by atoms with van der Waals surface area (Å²) < 4.78 is 17.6. The van der Waals surface area contributed by atoms with Crippen LogP contribution in [-0.4, -0.2) is 43.2 Å². The smallest absolute Gasteiger partial charge is 0.321 e. The van der Waals surface area contributed by atoms with Crippen molar-refractivity contribution in [2.24, 2.45) is 0 Å². The van der Waals surface area contributed by atoms with Crippen molar-refractivity contribution in [1.29, 1.82) is 0 Å². The summed E-state index contributed by atoms with van der Waals surface area (Å²) in [6, 6.07) is 12.5. The van der Waals surface area contributed by atoms with Crippen LogP contribution < -0.4 is 19.5 Å². The Morgan fingerprint density at radius 1 is 1.19 bits per heavy atom. The number of carbonyl (C=O) groups is 1. The summed E-state index contributed by atoms with van der Waals surface area (Å²) in [4.78, 5) is 11.2. The van der Waals surface area contributed by atoms with Crippen LogP contribution in [0.15, 0.2) is 46.9 Å². The third-order valence-electron chi connectivity index (χ3n) is 4.00. The predicted molar refractivity (Wildman–Crippen MR) is 108 cm³/mol. The first kappa shape index (κ1) is 19.9. The molecule has 6 nitrogen and oxygen atoms in total. The number of hydrogen-bond donors (Lipinski definition) is 2. The first-order valence-electron chi connectivity index (χ1n) is 8.36. The van der Waals surface area contributed by atoms with Gasteiger partial charge in [0.2, 0.25) is 0 Å². The average molecular weight is 454 g/mol. The Bertz CT molecular complexity index is 786. The zero-order valence-corrected chi connectivity index (χ0v) is 17.1. The van der Waals surface area contributed by atoms with Crippen molar-refractivity contribution in [2.75, 3.05) is 26.1 Å². The molecular formula is C19H20BrNO5S. The number of ether oxygens (including phenoxy) is 3. The van der Waals surface area contributed by atoms with Crippen molar-refractivity contribution in [3.63, 3.8) is 0 Å². The second kappa shape index (κ2) is 9.34. The Hall–Kier alpha value is -1.90. The monoisotopic (exact) mass is 453 g/mol. The molecule has 2 atom stereocenters. The third-order valence-corrected chi connectivity index (χ3v) is 5.75. The number of methoxy groups -OCH3 is 1. The highest BCUT2D eigenvalue weighted by molar-refractivity contribution is 9.10. The molecule has 2 aromatic carbocycles. The quantitative estimate of drug-likeness (QED) is 0.589. The molecule has 27 heavy (non-hydrogen) atoms. The van der Waals surface area contributed by atoms with Crippen LogP contribution in [0.1, 0.15) is 10.9 Å². The molecular weight excluding hydrogens is 434 g/mol. The molecule has 2 N–H and O–H groups in total. The number of rotatable bonds is 8. The van der Waals surface area contributed by atoms with Crippen LogP contribution in [0, 0.1) is 0 Å². The van der Waals surface area contributed by atoms with Gasteiger partial charge in [-0.3, -0.25) is 10.1 Å². The fraction of sp³-hybridized carbons (Fsp3) is 0.316. The lowest BCUT2D eigenvalue weighted by atomic mass is 10.2. The minimum Gasteiger partial charge on any atom is -0.497 e. The second-order valence-electron chi connectivity index (χ2n) is 5.83. The average Bonchev–Trinajstić information content (AvgIpc) is 3.17. The zero-order valence-electron chi connectivity index (χ0n) is 14.7. The summed E-state index contributed by atoms with van der Waals surface area (Å²) in [5.41, 5.74) is 0.919. The topological polar surface area (TPSA) is 77.0 Å². The molecule has 0 saturated carbocycles. The van der Waals surface area contributed by atoms with Gasteiger partial charge >= 0.3 is 5.97 Å². The predicted octanol–water partition coefficient (Wildman–Crippen LogP) is 3.70. The molecule has 1 aliphatic rings. The Labute approximate surface area is 170 Å². The van der Waals surface area contributed by atoms with Crippen LogP contribution in [0.3, 0.4) is 0 Å². The third kappa shape index (κ3) is 5.31. The number of carboxylic acids is 1. The van der Waals surface area contributed by atoms with E-state index in [0.29, 0.717) is 24.7 Å². The lowest BCUT2D eigenvalue weighted by Gasteiger charge is -2.17. The summed E-state index contributed by atoms with van der Waals surface area (Å²) in [5, 5.41) is 12.2. The van der Waals surface area contributed by atoms with Crippen LogP contribution in [-0.2, 0) is 4.79 Å². The highest BCUT2D eigenvalue weighted by Gasteiger charge is 2.32. The van der Waals surface area contributed by atoms with Crippen LogP contribution in [0.4, 0.5) is 0 Å². The van der Waals surface area contributed by atoms with E-state index in [-0.39, 0.29) is 5.37 Å². The Balaban J connectivity index is 1.57. The van der Waals surface area contributed by atoms with Crippen molar-refractivity contribution in [3.8, 4) is 17.2 Å². The second-order valence-corrected chi connectivity index (χ2v) is 7.88. The summed E-state index contributed by atoms with van der Waals surface area (Å²) in [7, 11) is 1.62. The number of thioether (sulfide) groups is 1. The number of carboxylic acid groups (broad SMARTS) is 1. The van der Waals surface area contributed by atoms with E-state index in [2.05, 4.69) is 21.2 Å². The number of nitrogens with one attached hydrogen (secondary N) is 1. The van der Waals surface area contributed by atoms with Gasteiger partial charge in [-0.1, -0.05) is 15.9 Å². The minimum atomic E-state index is -0.838. The molecule has 144 valence electrons. The molecule has 2 aromatic rings. The lowest BCUT2D eigenvalue weighted by molar-refractivity contribution is -0.138. The maximum Gasteiger partial charge on any atom is 0.321 e. The van der Waals surface area contributed by atoms with Crippen LogP contribution in [0.25, 0.3) is 0 Å². The van der Waals surface area contributed by atoms with E-state index >= 15 is 0 Å². The molecule has 2 unspecified atom stereocenters. The summed E-state index contributed by atoms with van der Waals surface area (Å²) in [6.07, 6.45) is 0. The summed E-state index contributed by atoms with van der Waals surface area (Å²) in [6.45, 7) is 0.769. The first-order chi connectivity index (χ1) is 13.1. The maximum absolute atomic E-state index is 11.2. The zero-order chi connectivity index (χ0) is 19.2. The van der Waals surface area contributed by atoms with E-state index in [1.807, 2.05) is 42.5 Å². The van der Waals surface area contributed by atoms with Crippen molar-refractivity contribution in [1.82, 2.24) is 5.32 Å². The number of benzene rings is 2. The fourth-order valence-corrected chi connectivity index (χ4v) is 4.26. The molecule has 1 aliphatic heterocycles. The van der Waals surface area contributed by atoms with Crippen LogP contribution >= 0.6 is 27.7 Å². The van der Waals surface area contributed by atoms with Gasteiger partial charge in [-0.2, -0.15) is 0 Å². The molecule has 0 radical (unpaired) electrons. The highest BCUT2D eigenvalue weighted by atomic mass is 79.9. The maximum atomic E-state index is 11.2. The normalized spacial score (nSPS) is 18.9. The molecule has 0 amide bonds. The van der Waals surface area contributed by atoms with Crippen molar-refractivity contribution < 1.29 is 24.1 Å². The Kier molecular flexibility index (Phi) is 6.87. The van der Waals surface area contributed by atoms with Crippen molar-refractivity contribution in [2.45, 2.75) is 11.4 Å². The van der Waals surface area contributed by atoms with Gasteiger partial charge in [0.25, 0.3) is 0 Å². The van der Waals surface area contributed by atoms with Gasteiger partial charge in [0, 0.05) is 15.8 Å². The lowest BCUT2D eigenvalue weighted by Crippen LogP contribution is -2.33. The Morgan fingerprint density at radius 3 is 2.56 bits per heavy atom. The molecule has 0 bridgehead atoms. The van der Waals surface area contributed by atoms with Crippen LogP contribution in [0.5, 0.6) is 17.2 Å². The van der Waals surface area contributed by atoms with E-state index in [1.165, 1.54) is 0 Å². The number of hydrogen-bond acceptors (Lipinski definition) is 6. The van der Waals surface area contributed by atoms with E-state index in [0.717, 1.165) is 21.5 Å². The van der Waals surface area contributed by atoms with Gasteiger partial charge in [0.05, 0.1) is 12.5 Å². The van der Waals surface area contributed by atoms with Gasteiger partial charge in [0.1, 0.15) is 36.5 Å². The van der Waals surface area contributed by atoms with Gasteiger partial charge in [-0.15, -0.1) is 11.8 Å². The molecule has 3 rings (SSSR count). The minimum absolute atomic E-state index is 0.124. The molecule has 0 spiro atoms. The molecule has 0 aliphatic carbocycles. The number of aliphatic carboxylic acids is 1. The van der Waals surface area contributed by atoms with Crippen LogP contribution in [0.2, 0.25) is 0 Å². The van der Waals surface area contributed by atoms with E-state index in [4.69, 9.17) is 14.2 Å². The highest BCUT2D eigenvalue weighted by Crippen LogP contribution is 2.39. The van der Waals surface area contributed by atoms with Gasteiger partial charge in [0.15, 0.2) is 0 Å². The number of halogens is 1. The first-order valence-corrected chi connectivity index (χ1v) is 10.2. The van der Waals surface area contributed by atoms with Gasteiger partial charge in [-0.05, 0) is 42.5 Å².